The maximum atomic E-state index is 11.3. The lowest BCUT2D eigenvalue weighted by molar-refractivity contribution is 0.826. The maximum absolute atomic E-state index is 11.3. The summed E-state index contributed by atoms with van der Waals surface area (Å²) in [5.41, 5.74) is 1.51. The molecule has 78 valence electrons. The highest BCUT2D eigenvalue weighted by molar-refractivity contribution is 5.85. The normalized spacial score (nSPS) is 9.40. The molecule has 5 heteroatoms. The zero-order valence-electron chi connectivity index (χ0n) is 8.12. The van der Waals surface area contributed by atoms with Gasteiger partial charge in [0.05, 0.1) is 12.0 Å². The molecule has 0 spiro atoms. The molecule has 0 amide bonds. The Kier molecular flexibility index (Phi) is 3.57. The van der Waals surface area contributed by atoms with Crippen molar-refractivity contribution < 1.29 is 0 Å². The van der Waals surface area contributed by atoms with Crippen LogP contribution in [0.25, 0.3) is 11.3 Å². The molecule has 0 radical (unpaired) electrons. The highest BCUT2D eigenvalue weighted by Crippen LogP contribution is 2.11. The summed E-state index contributed by atoms with van der Waals surface area (Å²) in [5, 5.41) is 0. The Morgan fingerprint density at radius 2 is 1.93 bits per heavy atom. The molecule has 0 atom stereocenters. The first kappa shape index (κ1) is 11.4. The van der Waals surface area contributed by atoms with E-state index < -0.39 is 0 Å². The number of aryl methyl sites for hydroxylation is 1. The Balaban J connectivity index is 0.00000112. The van der Waals surface area contributed by atoms with Gasteiger partial charge in [0.1, 0.15) is 0 Å². The van der Waals surface area contributed by atoms with E-state index in [1.807, 2.05) is 12.1 Å². The molecule has 15 heavy (non-hydrogen) atoms. The van der Waals surface area contributed by atoms with Gasteiger partial charge >= 0.3 is 0 Å². The van der Waals surface area contributed by atoms with Crippen LogP contribution in [0.5, 0.6) is 0 Å². The molecule has 0 N–H and O–H groups in total. The van der Waals surface area contributed by atoms with Crippen LogP contribution in [-0.4, -0.2) is 14.5 Å². The first-order chi connectivity index (χ1) is 6.77. The summed E-state index contributed by atoms with van der Waals surface area (Å²) in [4.78, 5) is 19.4. The summed E-state index contributed by atoms with van der Waals surface area (Å²) < 4.78 is 1.44. The van der Waals surface area contributed by atoms with E-state index in [1.165, 1.54) is 17.0 Å². The molecular formula is C10H10ClN3O. The van der Waals surface area contributed by atoms with E-state index in [2.05, 4.69) is 9.97 Å². The van der Waals surface area contributed by atoms with Gasteiger partial charge in [-0.3, -0.25) is 9.78 Å². The van der Waals surface area contributed by atoms with Crippen molar-refractivity contribution in [2.75, 3.05) is 0 Å². The minimum Gasteiger partial charge on any atom is -0.302 e. The van der Waals surface area contributed by atoms with Crippen LogP contribution in [0.2, 0.25) is 0 Å². The van der Waals surface area contributed by atoms with E-state index in [4.69, 9.17) is 0 Å². The lowest BCUT2D eigenvalue weighted by Crippen LogP contribution is -2.15. The summed E-state index contributed by atoms with van der Waals surface area (Å²) in [6.07, 6.45) is 4.86. The van der Waals surface area contributed by atoms with Crippen molar-refractivity contribution in [1.29, 1.82) is 0 Å². The van der Waals surface area contributed by atoms with Crippen molar-refractivity contribution >= 4 is 12.4 Å². The van der Waals surface area contributed by atoms with Crippen LogP contribution in [0.4, 0.5) is 0 Å². The van der Waals surface area contributed by atoms with Crippen molar-refractivity contribution in [3.05, 3.63) is 47.3 Å². The highest BCUT2D eigenvalue weighted by atomic mass is 35.5. The lowest BCUT2D eigenvalue weighted by Gasteiger charge is -2.00. The molecule has 0 saturated carbocycles. The first-order valence-corrected chi connectivity index (χ1v) is 4.20. The Hall–Kier alpha value is -1.68. The van der Waals surface area contributed by atoms with E-state index in [9.17, 15) is 4.79 Å². The third-order valence-electron chi connectivity index (χ3n) is 1.95. The number of halogens is 1. The lowest BCUT2D eigenvalue weighted by atomic mass is 10.2. The molecule has 0 saturated heterocycles. The van der Waals surface area contributed by atoms with Gasteiger partial charge in [-0.15, -0.1) is 12.4 Å². The summed E-state index contributed by atoms with van der Waals surface area (Å²) in [6, 6.07) is 5.15. The first-order valence-electron chi connectivity index (χ1n) is 4.20. The van der Waals surface area contributed by atoms with E-state index in [1.54, 1.807) is 19.4 Å². The maximum Gasteiger partial charge on any atom is 0.253 e. The number of nitrogens with zero attached hydrogens (tertiary/aromatic N) is 3. The summed E-state index contributed by atoms with van der Waals surface area (Å²) in [5.74, 6) is 0. The van der Waals surface area contributed by atoms with E-state index >= 15 is 0 Å². The second-order valence-electron chi connectivity index (χ2n) is 2.96. The molecule has 0 aliphatic carbocycles. The van der Waals surface area contributed by atoms with Crippen LogP contribution >= 0.6 is 12.4 Å². The zero-order valence-corrected chi connectivity index (χ0v) is 8.94. The predicted octanol–water partition coefficient (Wildman–Crippen LogP) is 1.26. The number of hydrogen-bond donors (Lipinski definition) is 0. The third-order valence-corrected chi connectivity index (χ3v) is 1.95. The van der Waals surface area contributed by atoms with Gasteiger partial charge < -0.3 is 4.57 Å². The molecular weight excluding hydrogens is 214 g/mol. The monoisotopic (exact) mass is 223 g/mol. The van der Waals surface area contributed by atoms with E-state index in [0.29, 0.717) is 5.69 Å². The Morgan fingerprint density at radius 3 is 2.53 bits per heavy atom. The minimum absolute atomic E-state index is 0. The van der Waals surface area contributed by atoms with Crippen LogP contribution in [-0.2, 0) is 7.05 Å². The molecule has 0 bridgehead atoms. The number of rotatable bonds is 1. The van der Waals surface area contributed by atoms with Crippen LogP contribution in [0, 0.1) is 0 Å². The van der Waals surface area contributed by atoms with Gasteiger partial charge in [0, 0.05) is 31.1 Å². The molecule has 0 unspecified atom stereocenters. The second kappa shape index (κ2) is 4.70. The second-order valence-corrected chi connectivity index (χ2v) is 2.96. The van der Waals surface area contributed by atoms with Crippen LogP contribution in [0.1, 0.15) is 0 Å². The molecule has 0 aliphatic heterocycles. The van der Waals surface area contributed by atoms with Gasteiger partial charge in [0.25, 0.3) is 5.56 Å². The van der Waals surface area contributed by atoms with Crippen molar-refractivity contribution in [2.45, 2.75) is 0 Å². The molecule has 4 nitrogen and oxygen atoms in total. The predicted molar refractivity (Wildman–Crippen MR) is 60.0 cm³/mol. The summed E-state index contributed by atoms with van der Waals surface area (Å²) in [7, 11) is 1.67. The van der Waals surface area contributed by atoms with Gasteiger partial charge in [0.2, 0.25) is 0 Å². The smallest absolute Gasteiger partial charge is 0.253 e. The van der Waals surface area contributed by atoms with Gasteiger partial charge in [-0.05, 0) is 12.1 Å². The molecule has 2 aromatic heterocycles. The standard InChI is InChI=1S/C10H9N3O.ClH/c1-13-7-12-9(6-10(13)14)8-2-4-11-5-3-8;/h2-7H,1H3;1H. The minimum atomic E-state index is -0.0631. The van der Waals surface area contributed by atoms with E-state index in [-0.39, 0.29) is 18.0 Å². The highest BCUT2D eigenvalue weighted by Gasteiger charge is 1.99. The fraction of sp³-hybridized carbons (Fsp3) is 0.100. The van der Waals surface area contributed by atoms with Gasteiger partial charge in [0.15, 0.2) is 0 Å². The van der Waals surface area contributed by atoms with Crippen molar-refractivity contribution in [3.63, 3.8) is 0 Å². The topological polar surface area (TPSA) is 47.8 Å². The van der Waals surface area contributed by atoms with Gasteiger partial charge in [-0.1, -0.05) is 0 Å². The molecule has 2 aromatic rings. The van der Waals surface area contributed by atoms with Gasteiger partial charge in [-0.2, -0.15) is 0 Å². The Bertz CT molecular complexity index is 496. The van der Waals surface area contributed by atoms with Crippen LogP contribution in [0.3, 0.4) is 0 Å². The van der Waals surface area contributed by atoms with Crippen molar-refractivity contribution in [3.8, 4) is 11.3 Å². The SMILES string of the molecule is Cl.Cn1cnc(-c2ccncc2)cc1=O. The largest absolute Gasteiger partial charge is 0.302 e. The molecule has 0 fully saturated rings. The fourth-order valence-corrected chi connectivity index (χ4v) is 1.14. The van der Waals surface area contributed by atoms with Crippen molar-refractivity contribution in [2.24, 2.45) is 7.05 Å². The number of hydrogen-bond acceptors (Lipinski definition) is 3. The fourth-order valence-electron chi connectivity index (χ4n) is 1.14. The molecule has 0 aromatic carbocycles. The zero-order chi connectivity index (χ0) is 9.97. The summed E-state index contributed by atoms with van der Waals surface area (Å²) in [6.45, 7) is 0. The van der Waals surface area contributed by atoms with Crippen LogP contribution in [0.15, 0.2) is 41.7 Å². The quantitative estimate of drug-likeness (QED) is 0.732. The Labute approximate surface area is 93.0 Å². The van der Waals surface area contributed by atoms with Gasteiger partial charge in [-0.25, -0.2) is 4.98 Å². The van der Waals surface area contributed by atoms with Crippen molar-refractivity contribution in [1.82, 2.24) is 14.5 Å². The molecule has 2 rings (SSSR count). The third kappa shape index (κ3) is 2.41. The van der Waals surface area contributed by atoms with Crippen LogP contribution < -0.4 is 5.56 Å². The molecule has 0 aliphatic rings. The van der Waals surface area contributed by atoms with E-state index in [0.717, 1.165) is 5.56 Å². The number of aromatic nitrogens is 3. The Morgan fingerprint density at radius 1 is 1.27 bits per heavy atom. The average Bonchev–Trinajstić information content (AvgIpc) is 2.23. The molecule has 2 heterocycles. The number of pyridine rings is 1. The summed E-state index contributed by atoms with van der Waals surface area (Å²) >= 11 is 0. The average molecular weight is 224 g/mol.